The van der Waals surface area contributed by atoms with E-state index in [1.165, 1.54) is 5.56 Å². The van der Waals surface area contributed by atoms with Gasteiger partial charge in [-0.2, -0.15) is 0 Å². The molecule has 0 aliphatic rings. The first kappa shape index (κ1) is 15.3. The van der Waals surface area contributed by atoms with E-state index in [1.54, 1.807) is 0 Å². The Morgan fingerprint density at radius 1 is 0.720 bits per heavy atom. The Morgan fingerprint density at radius 2 is 1.36 bits per heavy atom. The van der Waals surface area contributed by atoms with Crippen LogP contribution >= 0.6 is 0 Å². The highest BCUT2D eigenvalue weighted by Crippen LogP contribution is 2.27. The summed E-state index contributed by atoms with van der Waals surface area (Å²) in [4.78, 5) is 9.55. The minimum absolute atomic E-state index is 0.156. The van der Waals surface area contributed by atoms with Crippen LogP contribution in [0.5, 0.6) is 0 Å². The molecule has 122 valence electrons. The lowest BCUT2D eigenvalue weighted by molar-refractivity contribution is 0.876. The molecule has 0 saturated carbocycles. The van der Waals surface area contributed by atoms with Gasteiger partial charge in [-0.1, -0.05) is 72.8 Å². The average molecular weight is 325 g/mol. The van der Waals surface area contributed by atoms with Crippen molar-refractivity contribution in [2.45, 2.75) is 13.0 Å². The van der Waals surface area contributed by atoms with Crippen molar-refractivity contribution in [3.8, 4) is 11.4 Å². The van der Waals surface area contributed by atoms with E-state index in [-0.39, 0.29) is 6.04 Å². The smallest absolute Gasteiger partial charge is 0.162 e. The number of anilines is 1. The van der Waals surface area contributed by atoms with Gasteiger partial charge in [0.15, 0.2) is 5.82 Å². The normalized spacial score (nSPS) is 12.0. The zero-order chi connectivity index (χ0) is 17.1. The first-order valence-electron chi connectivity index (χ1n) is 8.45. The van der Waals surface area contributed by atoms with E-state index in [2.05, 4.69) is 42.6 Å². The van der Waals surface area contributed by atoms with Crippen molar-refractivity contribution >= 4 is 16.7 Å². The van der Waals surface area contributed by atoms with Gasteiger partial charge >= 0.3 is 0 Å². The second-order valence-corrected chi connectivity index (χ2v) is 6.06. The second kappa shape index (κ2) is 6.73. The molecule has 3 nitrogen and oxygen atoms in total. The maximum absolute atomic E-state index is 4.81. The van der Waals surface area contributed by atoms with Gasteiger partial charge in [0.2, 0.25) is 0 Å². The number of hydrogen-bond donors (Lipinski definition) is 1. The van der Waals surface area contributed by atoms with Crippen LogP contribution < -0.4 is 5.32 Å². The van der Waals surface area contributed by atoms with Crippen molar-refractivity contribution in [1.29, 1.82) is 0 Å². The largest absolute Gasteiger partial charge is 0.363 e. The highest BCUT2D eigenvalue weighted by molar-refractivity contribution is 5.90. The summed E-state index contributed by atoms with van der Waals surface area (Å²) >= 11 is 0. The summed E-state index contributed by atoms with van der Waals surface area (Å²) in [5, 5.41) is 4.59. The SMILES string of the molecule is C[C@@H](Nc1nc(-c2ccccc2)nc2ccccc12)c1ccccc1. The Balaban J connectivity index is 1.79. The first-order valence-corrected chi connectivity index (χ1v) is 8.45. The number of fused-ring (bicyclic) bond motifs is 1. The number of hydrogen-bond acceptors (Lipinski definition) is 3. The molecule has 3 aromatic carbocycles. The Hall–Kier alpha value is -3.20. The number of nitrogens with one attached hydrogen (secondary N) is 1. The lowest BCUT2D eigenvalue weighted by atomic mass is 10.1. The third kappa shape index (κ3) is 3.22. The van der Waals surface area contributed by atoms with Crippen molar-refractivity contribution in [3.05, 3.63) is 90.5 Å². The predicted octanol–water partition coefficient (Wildman–Crippen LogP) is 5.47. The van der Waals surface area contributed by atoms with Gasteiger partial charge in [-0.05, 0) is 24.6 Å². The summed E-state index contributed by atoms with van der Waals surface area (Å²) in [6.07, 6.45) is 0. The van der Waals surface area contributed by atoms with Crippen LogP contribution in [0.4, 0.5) is 5.82 Å². The van der Waals surface area contributed by atoms with Crippen molar-refractivity contribution in [2.75, 3.05) is 5.32 Å². The molecule has 1 atom stereocenters. The van der Waals surface area contributed by atoms with Crippen LogP contribution in [0.25, 0.3) is 22.3 Å². The van der Waals surface area contributed by atoms with Gasteiger partial charge in [0.1, 0.15) is 5.82 Å². The van der Waals surface area contributed by atoms with Crippen LogP contribution in [-0.2, 0) is 0 Å². The van der Waals surface area contributed by atoms with E-state index in [1.807, 2.05) is 54.6 Å². The number of rotatable bonds is 4. The summed E-state index contributed by atoms with van der Waals surface area (Å²) in [5.41, 5.74) is 3.19. The van der Waals surface area contributed by atoms with Crippen LogP contribution in [0.2, 0.25) is 0 Å². The number of aromatic nitrogens is 2. The van der Waals surface area contributed by atoms with Gasteiger partial charge in [-0.3, -0.25) is 0 Å². The molecule has 4 rings (SSSR count). The molecule has 0 spiro atoms. The average Bonchev–Trinajstić information content (AvgIpc) is 2.69. The molecule has 4 aromatic rings. The van der Waals surface area contributed by atoms with Crippen LogP contribution in [0.3, 0.4) is 0 Å². The van der Waals surface area contributed by atoms with Gasteiger partial charge in [0.25, 0.3) is 0 Å². The molecular formula is C22H19N3. The van der Waals surface area contributed by atoms with Gasteiger partial charge in [-0.15, -0.1) is 0 Å². The number of nitrogens with zero attached hydrogens (tertiary/aromatic N) is 2. The van der Waals surface area contributed by atoms with Gasteiger partial charge in [0.05, 0.1) is 5.52 Å². The molecule has 25 heavy (non-hydrogen) atoms. The summed E-state index contributed by atoms with van der Waals surface area (Å²) < 4.78 is 0. The third-order valence-electron chi connectivity index (χ3n) is 4.29. The molecule has 1 heterocycles. The van der Waals surface area contributed by atoms with E-state index >= 15 is 0 Å². The minimum atomic E-state index is 0.156. The molecule has 0 saturated heterocycles. The maximum atomic E-state index is 4.81. The van der Waals surface area contributed by atoms with E-state index in [0.29, 0.717) is 0 Å². The Labute approximate surface area is 147 Å². The predicted molar refractivity (Wildman–Crippen MR) is 103 cm³/mol. The fourth-order valence-electron chi connectivity index (χ4n) is 2.93. The zero-order valence-corrected chi connectivity index (χ0v) is 14.1. The van der Waals surface area contributed by atoms with Crippen LogP contribution in [0, 0.1) is 0 Å². The van der Waals surface area contributed by atoms with Gasteiger partial charge in [0, 0.05) is 17.0 Å². The van der Waals surface area contributed by atoms with Crippen molar-refractivity contribution in [3.63, 3.8) is 0 Å². The highest BCUT2D eigenvalue weighted by atomic mass is 15.0. The summed E-state index contributed by atoms with van der Waals surface area (Å²) in [5.74, 6) is 1.60. The molecule has 0 radical (unpaired) electrons. The molecule has 1 aromatic heterocycles. The lowest BCUT2D eigenvalue weighted by Crippen LogP contribution is -2.09. The van der Waals surface area contributed by atoms with E-state index in [4.69, 9.17) is 9.97 Å². The molecule has 0 amide bonds. The standard InChI is InChI=1S/C22H19N3/c1-16(17-10-4-2-5-11-17)23-22-19-14-8-9-15-20(19)24-21(25-22)18-12-6-3-7-13-18/h2-16H,1H3,(H,23,24,25)/t16-/m1/s1. The van der Waals surface area contributed by atoms with Crippen molar-refractivity contribution in [1.82, 2.24) is 9.97 Å². The zero-order valence-electron chi connectivity index (χ0n) is 14.1. The van der Waals surface area contributed by atoms with Crippen molar-refractivity contribution < 1.29 is 0 Å². The number of benzene rings is 3. The topological polar surface area (TPSA) is 37.8 Å². The number of para-hydroxylation sites is 1. The summed E-state index contributed by atoms with van der Waals surface area (Å²) in [7, 11) is 0. The molecule has 0 fully saturated rings. The lowest BCUT2D eigenvalue weighted by Gasteiger charge is -2.17. The van der Waals surface area contributed by atoms with E-state index < -0.39 is 0 Å². The molecule has 1 N–H and O–H groups in total. The van der Waals surface area contributed by atoms with Crippen molar-refractivity contribution in [2.24, 2.45) is 0 Å². The Morgan fingerprint density at radius 3 is 2.12 bits per heavy atom. The second-order valence-electron chi connectivity index (χ2n) is 6.06. The fraction of sp³-hybridized carbons (Fsp3) is 0.0909. The van der Waals surface area contributed by atoms with Crippen LogP contribution in [0.1, 0.15) is 18.5 Å². The minimum Gasteiger partial charge on any atom is -0.363 e. The van der Waals surface area contributed by atoms with Gasteiger partial charge in [-0.25, -0.2) is 9.97 Å². The van der Waals surface area contributed by atoms with Crippen LogP contribution in [0.15, 0.2) is 84.9 Å². The Kier molecular flexibility index (Phi) is 4.13. The summed E-state index contributed by atoms with van der Waals surface area (Å²) in [6, 6.07) is 28.8. The fourth-order valence-corrected chi connectivity index (χ4v) is 2.93. The van der Waals surface area contributed by atoms with E-state index in [0.717, 1.165) is 28.1 Å². The van der Waals surface area contributed by atoms with Crippen LogP contribution in [-0.4, -0.2) is 9.97 Å². The monoisotopic (exact) mass is 325 g/mol. The molecular weight excluding hydrogens is 306 g/mol. The molecule has 0 bridgehead atoms. The first-order chi connectivity index (χ1) is 12.3. The molecule has 3 heteroatoms. The molecule has 0 aliphatic heterocycles. The molecule has 0 unspecified atom stereocenters. The Bertz CT molecular complexity index is 982. The van der Waals surface area contributed by atoms with Gasteiger partial charge < -0.3 is 5.32 Å². The highest BCUT2D eigenvalue weighted by Gasteiger charge is 2.12. The third-order valence-corrected chi connectivity index (χ3v) is 4.29. The summed E-state index contributed by atoms with van der Waals surface area (Å²) in [6.45, 7) is 2.15. The molecule has 0 aliphatic carbocycles. The maximum Gasteiger partial charge on any atom is 0.162 e. The van der Waals surface area contributed by atoms with E-state index in [9.17, 15) is 0 Å². The quantitative estimate of drug-likeness (QED) is 0.540.